The molecule has 0 saturated carbocycles. The van der Waals surface area contributed by atoms with Crippen LogP contribution in [-0.4, -0.2) is 27.3 Å². The van der Waals surface area contributed by atoms with Gasteiger partial charge >= 0.3 is 0 Å². The number of hydrogen-bond donors (Lipinski definition) is 1. The van der Waals surface area contributed by atoms with Crippen molar-refractivity contribution in [2.45, 2.75) is 17.1 Å². The second-order valence-electron chi connectivity index (χ2n) is 3.89. The van der Waals surface area contributed by atoms with Crippen LogP contribution in [0.4, 0.5) is 8.78 Å². The summed E-state index contributed by atoms with van der Waals surface area (Å²) in [6.45, 7) is 0. The Morgan fingerprint density at radius 1 is 1.35 bits per heavy atom. The average Bonchev–Trinajstić information content (AvgIpc) is 2.87. The van der Waals surface area contributed by atoms with E-state index in [0.717, 1.165) is 30.0 Å². The molecule has 0 fully saturated rings. The van der Waals surface area contributed by atoms with E-state index in [0.29, 0.717) is 16.9 Å². The number of halogens is 2. The zero-order valence-electron chi connectivity index (χ0n) is 10.5. The smallest absolute Gasteiger partial charge is 0.276 e. The Bertz CT molecular complexity index is 580. The molecule has 1 N–H and O–H groups in total. The van der Waals surface area contributed by atoms with Gasteiger partial charge in [-0.25, -0.2) is 8.78 Å². The van der Waals surface area contributed by atoms with Crippen LogP contribution in [0.2, 0.25) is 0 Å². The minimum absolute atomic E-state index is 0.0821. The molecular weight excluding hydrogens is 306 g/mol. The molecule has 1 aromatic carbocycles. The standard InChI is InChI=1S/C12H12F2N2O2S2/c1-19-6-11-15-16-12(18-11)20-5-10(17)8-4-7(13)2-3-9(8)14/h2-4,10,17H,5-6H2,1H3. The molecule has 2 rings (SSSR count). The summed E-state index contributed by atoms with van der Waals surface area (Å²) in [5.74, 6) is -0.0411. The van der Waals surface area contributed by atoms with Crippen LogP contribution in [0, 0.1) is 11.6 Å². The third kappa shape index (κ3) is 3.94. The van der Waals surface area contributed by atoms with Crippen molar-refractivity contribution < 1.29 is 18.3 Å². The predicted octanol–water partition coefficient (Wildman–Crippen LogP) is 3.04. The number of rotatable bonds is 6. The van der Waals surface area contributed by atoms with Crippen LogP contribution in [0.1, 0.15) is 17.6 Å². The second kappa shape index (κ2) is 7.05. The number of hydrogen-bond acceptors (Lipinski definition) is 6. The molecule has 0 bridgehead atoms. The van der Waals surface area contributed by atoms with Gasteiger partial charge in [-0.2, -0.15) is 11.8 Å². The Kier molecular flexibility index (Phi) is 5.38. The monoisotopic (exact) mass is 318 g/mol. The lowest BCUT2D eigenvalue weighted by atomic mass is 10.1. The first kappa shape index (κ1) is 15.3. The van der Waals surface area contributed by atoms with Crippen LogP contribution >= 0.6 is 23.5 Å². The maximum Gasteiger partial charge on any atom is 0.276 e. The molecule has 1 heterocycles. The quantitative estimate of drug-likeness (QED) is 0.826. The molecular formula is C12H12F2N2O2S2. The van der Waals surface area contributed by atoms with Crippen molar-refractivity contribution in [1.29, 1.82) is 0 Å². The Morgan fingerprint density at radius 2 is 2.15 bits per heavy atom. The van der Waals surface area contributed by atoms with Gasteiger partial charge in [-0.1, -0.05) is 11.8 Å². The Labute approximate surface area is 123 Å². The lowest BCUT2D eigenvalue weighted by molar-refractivity contribution is 0.198. The van der Waals surface area contributed by atoms with E-state index in [1.165, 1.54) is 0 Å². The molecule has 0 spiro atoms. The van der Waals surface area contributed by atoms with Gasteiger partial charge in [0.15, 0.2) is 0 Å². The molecule has 1 atom stereocenters. The fourth-order valence-corrected chi connectivity index (χ4v) is 2.59. The summed E-state index contributed by atoms with van der Waals surface area (Å²) < 4.78 is 31.8. The molecule has 0 aliphatic rings. The third-order valence-electron chi connectivity index (χ3n) is 2.40. The topological polar surface area (TPSA) is 59.2 Å². The third-order valence-corrected chi connectivity index (χ3v) is 3.83. The van der Waals surface area contributed by atoms with Crippen LogP contribution in [-0.2, 0) is 5.75 Å². The molecule has 1 unspecified atom stereocenters. The van der Waals surface area contributed by atoms with Gasteiger partial charge in [-0.15, -0.1) is 10.2 Å². The molecule has 1 aromatic heterocycles. The van der Waals surface area contributed by atoms with E-state index >= 15 is 0 Å². The summed E-state index contributed by atoms with van der Waals surface area (Å²) in [7, 11) is 0. The first-order valence-corrected chi connectivity index (χ1v) is 8.05. The van der Waals surface area contributed by atoms with Gasteiger partial charge in [-0.05, 0) is 24.5 Å². The highest BCUT2D eigenvalue weighted by Gasteiger charge is 2.16. The lowest BCUT2D eigenvalue weighted by Crippen LogP contribution is -2.04. The number of thioether (sulfide) groups is 2. The number of aliphatic hydroxyl groups is 1. The first-order valence-electron chi connectivity index (χ1n) is 5.67. The minimum atomic E-state index is -1.15. The minimum Gasteiger partial charge on any atom is -0.415 e. The summed E-state index contributed by atoms with van der Waals surface area (Å²) in [5, 5.41) is 17.8. The lowest BCUT2D eigenvalue weighted by Gasteiger charge is -2.10. The molecule has 0 aliphatic heterocycles. The van der Waals surface area contributed by atoms with E-state index in [1.807, 2.05) is 6.26 Å². The summed E-state index contributed by atoms with van der Waals surface area (Å²) in [5.41, 5.74) is -0.0821. The number of benzene rings is 1. The van der Waals surface area contributed by atoms with Crippen molar-refractivity contribution in [3.63, 3.8) is 0 Å². The highest BCUT2D eigenvalue weighted by molar-refractivity contribution is 7.99. The zero-order chi connectivity index (χ0) is 14.5. The molecule has 0 aliphatic carbocycles. The predicted molar refractivity (Wildman–Crippen MR) is 73.6 cm³/mol. The molecule has 4 nitrogen and oxygen atoms in total. The van der Waals surface area contributed by atoms with E-state index < -0.39 is 17.7 Å². The van der Waals surface area contributed by atoms with Crippen molar-refractivity contribution >= 4 is 23.5 Å². The second-order valence-corrected chi connectivity index (χ2v) is 5.72. The fraction of sp³-hybridized carbons (Fsp3) is 0.333. The Morgan fingerprint density at radius 3 is 2.90 bits per heavy atom. The SMILES string of the molecule is CSCc1nnc(SCC(O)c2cc(F)ccc2F)o1. The van der Waals surface area contributed by atoms with E-state index in [4.69, 9.17) is 4.42 Å². The van der Waals surface area contributed by atoms with Crippen LogP contribution in [0.5, 0.6) is 0 Å². The van der Waals surface area contributed by atoms with Crippen molar-refractivity contribution in [3.8, 4) is 0 Å². The highest BCUT2D eigenvalue weighted by Crippen LogP contribution is 2.26. The van der Waals surface area contributed by atoms with Gasteiger partial charge in [0.1, 0.15) is 11.6 Å². The highest BCUT2D eigenvalue weighted by atomic mass is 32.2. The molecule has 0 radical (unpaired) electrons. The summed E-state index contributed by atoms with van der Waals surface area (Å²) in [4.78, 5) is 0. The molecule has 0 saturated heterocycles. The van der Waals surface area contributed by atoms with Crippen molar-refractivity contribution in [2.75, 3.05) is 12.0 Å². The van der Waals surface area contributed by atoms with Gasteiger partial charge in [0, 0.05) is 11.3 Å². The Hall–Kier alpha value is -1.12. The van der Waals surface area contributed by atoms with Crippen LogP contribution in [0.3, 0.4) is 0 Å². The molecule has 20 heavy (non-hydrogen) atoms. The van der Waals surface area contributed by atoms with Gasteiger partial charge < -0.3 is 9.52 Å². The number of aliphatic hydroxyl groups excluding tert-OH is 1. The summed E-state index contributed by atoms with van der Waals surface area (Å²) in [6, 6.07) is 2.97. The normalized spacial score (nSPS) is 12.6. The van der Waals surface area contributed by atoms with Crippen molar-refractivity contribution in [3.05, 3.63) is 41.3 Å². The van der Waals surface area contributed by atoms with E-state index in [-0.39, 0.29) is 11.3 Å². The number of nitrogens with zero attached hydrogens (tertiary/aromatic N) is 2. The molecule has 0 amide bonds. The number of aromatic nitrogens is 2. The van der Waals surface area contributed by atoms with Crippen LogP contribution in [0.15, 0.2) is 27.8 Å². The van der Waals surface area contributed by atoms with Crippen LogP contribution < -0.4 is 0 Å². The van der Waals surface area contributed by atoms with Crippen LogP contribution in [0.25, 0.3) is 0 Å². The summed E-state index contributed by atoms with van der Waals surface area (Å²) >= 11 is 2.64. The van der Waals surface area contributed by atoms with Gasteiger partial charge in [0.25, 0.3) is 5.22 Å². The van der Waals surface area contributed by atoms with Gasteiger partial charge in [-0.3, -0.25) is 0 Å². The van der Waals surface area contributed by atoms with Crippen molar-refractivity contribution in [1.82, 2.24) is 10.2 Å². The fourth-order valence-electron chi connectivity index (χ4n) is 1.49. The van der Waals surface area contributed by atoms with E-state index in [1.54, 1.807) is 11.8 Å². The largest absolute Gasteiger partial charge is 0.415 e. The molecule has 2 aromatic rings. The maximum absolute atomic E-state index is 13.5. The van der Waals surface area contributed by atoms with Crippen molar-refractivity contribution in [2.24, 2.45) is 0 Å². The van der Waals surface area contributed by atoms with Gasteiger partial charge in [0.2, 0.25) is 5.89 Å². The average molecular weight is 318 g/mol. The summed E-state index contributed by atoms with van der Waals surface area (Å²) in [6.07, 6.45) is 0.764. The van der Waals surface area contributed by atoms with E-state index in [9.17, 15) is 13.9 Å². The zero-order valence-corrected chi connectivity index (χ0v) is 12.2. The van der Waals surface area contributed by atoms with E-state index in [2.05, 4.69) is 10.2 Å². The maximum atomic E-state index is 13.5. The molecule has 8 heteroatoms. The molecule has 108 valence electrons. The Balaban J connectivity index is 1.97. The first-order chi connectivity index (χ1) is 9.60. The van der Waals surface area contributed by atoms with Gasteiger partial charge in [0.05, 0.1) is 11.9 Å².